The van der Waals surface area contributed by atoms with Gasteiger partial charge >= 0.3 is 0 Å². The molecule has 1 amide bonds. The molecule has 1 fully saturated rings. The first-order valence-electron chi connectivity index (χ1n) is 9.66. The third-order valence-corrected chi connectivity index (χ3v) is 6.49. The maximum atomic E-state index is 12.9. The Balaban J connectivity index is 1.58. The lowest BCUT2D eigenvalue weighted by Crippen LogP contribution is -2.40. The van der Waals surface area contributed by atoms with Crippen molar-refractivity contribution in [2.24, 2.45) is 0 Å². The van der Waals surface area contributed by atoms with Crippen LogP contribution >= 0.6 is 0 Å². The Hall–Kier alpha value is -2.40. The third-order valence-electron chi connectivity index (χ3n) is 4.60. The fraction of sp³-hybridized carbons (Fsp3) is 0.450. The Bertz CT molecular complexity index is 923. The highest BCUT2D eigenvalue weighted by Gasteiger charge is 2.28. The molecule has 0 spiro atoms. The van der Waals surface area contributed by atoms with E-state index in [1.165, 1.54) is 29.6 Å². The van der Waals surface area contributed by atoms with E-state index in [2.05, 4.69) is 5.32 Å². The Morgan fingerprint density at radius 2 is 2.03 bits per heavy atom. The SMILES string of the molecule is COc1ccc(S(=O)(=O)N2CCOCC2)cc1C(=O)NCCCOCc1ccco1. The van der Waals surface area contributed by atoms with Gasteiger partial charge in [-0.25, -0.2) is 8.42 Å². The Kier molecular flexibility index (Phi) is 7.86. The van der Waals surface area contributed by atoms with Crippen molar-refractivity contribution in [2.45, 2.75) is 17.9 Å². The van der Waals surface area contributed by atoms with Gasteiger partial charge in [-0.15, -0.1) is 0 Å². The molecule has 1 saturated heterocycles. The zero-order chi connectivity index (χ0) is 21.4. The van der Waals surface area contributed by atoms with Crippen molar-refractivity contribution in [1.82, 2.24) is 9.62 Å². The number of morpholine rings is 1. The zero-order valence-corrected chi connectivity index (χ0v) is 17.7. The van der Waals surface area contributed by atoms with Gasteiger partial charge in [0.05, 0.1) is 37.0 Å². The number of furan rings is 1. The van der Waals surface area contributed by atoms with E-state index in [0.717, 1.165) is 5.76 Å². The van der Waals surface area contributed by atoms with E-state index < -0.39 is 15.9 Å². The lowest BCUT2D eigenvalue weighted by Gasteiger charge is -2.26. The molecule has 1 aromatic carbocycles. The highest BCUT2D eigenvalue weighted by atomic mass is 32.2. The number of benzene rings is 1. The van der Waals surface area contributed by atoms with Gasteiger partial charge in [0.15, 0.2) is 0 Å². The number of amides is 1. The van der Waals surface area contributed by atoms with Crippen LogP contribution in [0.3, 0.4) is 0 Å². The van der Waals surface area contributed by atoms with Crippen LogP contribution in [-0.4, -0.2) is 65.2 Å². The standard InChI is InChI=1S/C20H26N2O7S/c1-26-19-6-5-17(30(24,25)22-8-12-27-13-9-22)14-18(19)20(23)21-7-3-10-28-15-16-4-2-11-29-16/h2,4-6,11,14H,3,7-10,12-13,15H2,1H3,(H,21,23). The molecule has 164 valence electrons. The highest BCUT2D eigenvalue weighted by Crippen LogP contribution is 2.25. The summed E-state index contributed by atoms with van der Waals surface area (Å²) in [5.74, 6) is 0.640. The molecule has 10 heteroatoms. The average Bonchev–Trinajstić information content (AvgIpc) is 3.29. The summed E-state index contributed by atoms with van der Waals surface area (Å²) in [6.45, 7) is 2.47. The number of sulfonamides is 1. The Labute approximate surface area is 175 Å². The maximum absolute atomic E-state index is 12.9. The van der Waals surface area contributed by atoms with Gasteiger partial charge < -0.3 is 23.9 Å². The number of hydrogen-bond donors (Lipinski definition) is 1. The summed E-state index contributed by atoms with van der Waals surface area (Å²) in [4.78, 5) is 12.7. The van der Waals surface area contributed by atoms with Gasteiger partial charge in [0.1, 0.15) is 18.1 Å². The normalized spacial score (nSPS) is 15.1. The van der Waals surface area contributed by atoms with E-state index in [-0.39, 0.29) is 23.5 Å². The first kappa shape index (κ1) is 22.3. The second-order valence-corrected chi connectivity index (χ2v) is 8.56. The van der Waals surface area contributed by atoms with E-state index in [4.69, 9.17) is 18.6 Å². The summed E-state index contributed by atoms with van der Waals surface area (Å²) in [6, 6.07) is 7.91. The predicted molar refractivity (Wildman–Crippen MR) is 108 cm³/mol. The molecule has 0 radical (unpaired) electrons. The minimum absolute atomic E-state index is 0.0529. The summed E-state index contributed by atoms with van der Waals surface area (Å²) in [5, 5.41) is 2.77. The molecule has 30 heavy (non-hydrogen) atoms. The molecule has 0 bridgehead atoms. The lowest BCUT2D eigenvalue weighted by molar-refractivity contribution is 0.0730. The molecule has 0 unspecified atom stereocenters. The van der Waals surface area contributed by atoms with Gasteiger partial charge in [-0.3, -0.25) is 4.79 Å². The molecule has 3 rings (SSSR count). The van der Waals surface area contributed by atoms with Crippen LogP contribution in [0.4, 0.5) is 0 Å². The molecule has 0 atom stereocenters. The van der Waals surface area contributed by atoms with Gasteiger partial charge in [0.25, 0.3) is 5.91 Å². The quantitative estimate of drug-likeness (QED) is 0.562. The van der Waals surface area contributed by atoms with Crippen LogP contribution in [0.2, 0.25) is 0 Å². The molecule has 1 aliphatic rings. The molecule has 1 aromatic heterocycles. The van der Waals surface area contributed by atoms with E-state index in [0.29, 0.717) is 45.1 Å². The number of carbonyl (C=O) groups excluding carboxylic acids is 1. The van der Waals surface area contributed by atoms with Crippen molar-refractivity contribution in [2.75, 3.05) is 46.6 Å². The molecule has 1 N–H and O–H groups in total. The van der Waals surface area contributed by atoms with Crippen molar-refractivity contribution in [1.29, 1.82) is 0 Å². The van der Waals surface area contributed by atoms with Gasteiger partial charge in [0.2, 0.25) is 10.0 Å². The minimum Gasteiger partial charge on any atom is -0.496 e. The minimum atomic E-state index is -3.71. The number of nitrogens with zero attached hydrogens (tertiary/aromatic N) is 1. The predicted octanol–water partition coefficient (Wildman–Crippen LogP) is 1.65. The van der Waals surface area contributed by atoms with E-state index in [1.807, 2.05) is 6.07 Å². The van der Waals surface area contributed by atoms with Crippen molar-refractivity contribution >= 4 is 15.9 Å². The summed E-state index contributed by atoms with van der Waals surface area (Å²) in [5.41, 5.74) is 0.170. The van der Waals surface area contributed by atoms with E-state index in [9.17, 15) is 13.2 Å². The number of ether oxygens (including phenoxy) is 3. The molecule has 9 nitrogen and oxygen atoms in total. The van der Waals surface area contributed by atoms with Crippen LogP contribution in [0.25, 0.3) is 0 Å². The lowest BCUT2D eigenvalue weighted by atomic mass is 10.2. The monoisotopic (exact) mass is 438 g/mol. The first-order valence-corrected chi connectivity index (χ1v) is 11.1. The summed E-state index contributed by atoms with van der Waals surface area (Å²) in [6.07, 6.45) is 2.18. The topological polar surface area (TPSA) is 107 Å². The molecule has 0 aliphatic carbocycles. The van der Waals surface area contributed by atoms with Crippen LogP contribution in [0.15, 0.2) is 45.9 Å². The van der Waals surface area contributed by atoms with Gasteiger partial charge in [-0.2, -0.15) is 4.31 Å². The van der Waals surface area contributed by atoms with Crippen LogP contribution in [0.5, 0.6) is 5.75 Å². The van der Waals surface area contributed by atoms with Crippen LogP contribution < -0.4 is 10.1 Å². The zero-order valence-electron chi connectivity index (χ0n) is 16.8. The van der Waals surface area contributed by atoms with Gasteiger partial charge in [-0.05, 0) is 36.8 Å². The molecule has 1 aliphatic heterocycles. The summed E-state index contributed by atoms with van der Waals surface area (Å²) < 4.78 is 48.2. The van der Waals surface area contributed by atoms with E-state index in [1.54, 1.807) is 12.3 Å². The van der Waals surface area contributed by atoms with Crippen LogP contribution in [0.1, 0.15) is 22.5 Å². The number of carbonyl (C=O) groups is 1. The largest absolute Gasteiger partial charge is 0.496 e. The van der Waals surface area contributed by atoms with Crippen molar-refractivity contribution in [3.05, 3.63) is 47.9 Å². The van der Waals surface area contributed by atoms with Crippen LogP contribution in [-0.2, 0) is 26.1 Å². The van der Waals surface area contributed by atoms with Crippen molar-refractivity contribution < 1.29 is 31.8 Å². The fourth-order valence-corrected chi connectivity index (χ4v) is 4.43. The van der Waals surface area contributed by atoms with Crippen molar-refractivity contribution in [3.8, 4) is 5.75 Å². The maximum Gasteiger partial charge on any atom is 0.255 e. The molecular weight excluding hydrogens is 412 g/mol. The molecule has 0 saturated carbocycles. The summed E-state index contributed by atoms with van der Waals surface area (Å²) in [7, 11) is -2.27. The highest BCUT2D eigenvalue weighted by molar-refractivity contribution is 7.89. The van der Waals surface area contributed by atoms with E-state index >= 15 is 0 Å². The Morgan fingerprint density at radius 3 is 2.73 bits per heavy atom. The molecule has 2 heterocycles. The van der Waals surface area contributed by atoms with Crippen molar-refractivity contribution in [3.63, 3.8) is 0 Å². The number of hydrogen-bond acceptors (Lipinski definition) is 7. The molecule has 2 aromatic rings. The third kappa shape index (κ3) is 5.60. The Morgan fingerprint density at radius 1 is 1.23 bits per heavy atom. The van der Waals surface area contributed by atoms with Gasteiger partial charge in [-0.1, -0.05) is 0 Å². The van der Waals surface area contributed by atoms with Gasteiger partial charge in [0, 0.05) is 26.2 Å². The summed E-state index contributed by atoms with van der Waals surface area (Å²) >= 11 is 0. The second kappa shape index (κ2) is 10.6. The number of methoxy groups -OCH3 is 1. The number of rotatable bonds is 10. The fourth-order valence-electron chi connectivity index (χ4n) is 3.00. The molecular formula is C20H26N2O7S. The van der Waals surface area contributed by atoms with Crippen LogP contribution in [0, 0.1) is 0 Å². The first-order chi connectivity index (χ1) is 14.5. The second-order valence-electron chi connectivity index (χ2n) is 6.62. The average molecular weight is 439 g/mol. The number of nitrogens with one attached hydrogen (secondary N) is 1. The smallest absolute Gasteiger partial charge is 0.255 e.